The molecule has 2 aromatic carbocycles. The Hall–Kier alpha value is -2.60. The standard InChI is InChI=1S/C17H12F2N2OS/c18-14-7-6-12(8-15(14)19)20-16(22)9-13-10-23-17(21-13)11-4-2-1-3-5-11/h1-8,10H,9H2,(H,20,22). The molecule has 6 heteroatoms. The number of nitrogens with zero attached hydrogens (tertiary/aromatic N) is 1. The number of hydrogen-bond donors (Lipinski definition) is 1. The first-order valence-corrected chi connectivity index (χ1v) is 7.74. The fraction of sp³-hybridized carbons (Fsp3) is 0.0588. The van der Waals surface area contributed by atoms with Crippen LogP contribution in [0.5, 0.6) is 0 Å². The Bertz CT molecular complexity index is 834. The maximum Gasteiger partial charge on any atom is 0.230 e. The van der Waals surface area contributed by atoms with Crippen molar-refractivity contribution in [2.45, 2.75) is 6.42 Å². The van der Waals surface area contributed by atoms with Crippen LogP contribution in [-0.4, -0.2) is 10.9 Å². The molecule has 1 N–H and O–H groups in total. The Morgan fingerprint density at radius 3 is 2.61 bits per heavy atom. The lowest BCUT2D eigenvalue weighted by molar-refractivity contribution is -0.115. The van der Waals surface area contributed by atoms with Crippen LogP contribution in [-0.2, 0) is 11.2 Å². The predicted molar refractivity (Wildman–Crippen MR) is 86.2 cm³/mol. The van der Waals surface area contributed by atoms with E-state index in [0.717, 1.165) is 22.7 Å². The molecular weight excluding hydrogens is 318 g/mol. The zero-order chi connectivity index (χ0) is 16.2. The molecule has 0 aliphatic carbocycles. The number of anilines is 1. The molecule has 1 aromatic heterocycles. The second kappa shape index (κ2) is 6.66. The van der Waals surface area contributed by atoms with Crippen LogP contribution in [0.4, 0.5) is 14.5 Å². The summed E-state index contributed by atoms with van der Waals surface area (Å²) >= 11 is 1.45. The Balaban J connectivity index is 1.66. The minimum atomic E-state index is -0.997. The number of thiazole rings is 1. The molecule has 0 saturated carbocycles. The molecule has 0 fully saturated rings. The average Bonchev–Trinajstić information content (AvgIpc) is 3.00. The lowest BCUT2D eigenvalue weighted by Crippen LogP contribution is -2.14. The van der Waals surface area contributed by atoms with E-state index in [0.29, 0.717) is 5.69 Å². The van der Waals surface area contributed by atoms with Gasteiger partial charge in [-0.2, -0.15) is 0 Å². The SMILES string of the molecule is O=C(Cc1csc(-c2ccccc2)n1)Nc1ccc(F)c(F)c1. The minimum absolute atomic E-state index is 0.0718. The molecule has 0 aliphatic heterocycles. The molecule has 1 amide bonds. The summed E-state index contributed by atoms with van der Waals surface area (Å²) < 4.78 is 26.0. The van der Waals surface area contributed by atoms with Gasteiger partial charge >= 0.3 is 0 Å². The number of benzene rings is 2. The first kappa shape index (κ1) is 15.3. The van der Waals surface area contributed by atoms with Crippen LogP contribution in [0, 0.1) is 11.6 Å². The Morgan fingerprint density at radius 1 is 1.09 bits per heavy atom. The van der Waals surface area contributed by atoms with E-state index in [-0.39, 0.29) is 18.0 Å². The van der Waals surface area contributed by atoms with Crippen LogP contribution in [0.1, 0.15) is 5.69 Å². The predicted octanol–water partition coefficient (Wildman–Crippen LogP) is 4.27. The molecule has 0 atom stereocenters. The van der Waals surface area contributed by atoms with Crippen LogP contribution >= 0.6 is 11.3 Å². The molecule has 0 saturated heterocycles. The smallest absolute Gasteiger partial charge is 0.230 e. The number of rotatable bonds is 4. The normalized spacial score (nSPS) is 10.5. The van der Waals surface area contributed by atoms with E-state index in [1.54, 1.807) is 0 Å². The monoisotopic (exact) mass is 330 g/mol. The molecule has 0 bridgehead atoms. The van der Waals surface area contributed by atoms with E-state index in [4.69, 9.17) is 0 Å². The summed E-state index contributed by atoms with van der Waals surface area (Å²) in [5.74, 6) is -2.28. The van der Waals surface area contributed by atoms with Gasteiger partial charge in [0.1, 0.15) is 5.01 Å². The summed E-state index contributed by atoms with van der Waals surface area (Å²) in [5, 5.41) is 5.17. The molecule has 0 radical (unpaired) electrons. The zero-order valence-corrected chi connectivity index (χ0v) is 12.7. The van der Waals surface area contributed by atoms with Gasteiger partial charge in [0.25, 0.3) is 0 Å². The molecule has 0 unspecified atom stereocenters. The first-order valence-electron chi connectivity index (χ1n) is 6.86. The number of amides is 1. The number of halogens is 2. The number of hydrogen-bond acceptors (Lipinski definition) is 3. The van der Waals surface area contributed by atoms with Gasteiger partial charge in [-0.05, 0) is 12.1 Å². The van der Waals surface area contributed by atoms with Gasteiger partial charge in [-0.15, -0.1) is 11.3 Å². The van der Waals surface area contributed by atoms with Crippen LogP contribution in [0.25, 0.3) is 10.6 Å². The van der Waals surface area contributed by atoms with E-state index < -0.39 is 11.6 Å². The largest absolute Gasteiger partial charge is 0.326 e. The van der Waals surface area contributed by atoms with Gasteiger partial charge < -0.3 is 5.32 Å². The second-order valence-corrected chi connectivity index (χ2v) is 5.72. The summed E-state index contributed by atoms with van der Waals surface area (Å²) in [6, 6.07) is 12.9. The highest BCUT2D eigenvalue weighted by atomic mass is 32.1. The van der Waals surface area contributed by atoms with Crippen molar-refractivity contribution in [1.29, 1.82) is 0 Å². The molecule has 3 nitrogen and oxygen atoms in total. The van der Waals surface area contributed by atoms with Crippen LogP contribution in [0.15, 0.2) is 53.9 Å². The van der Waals surface area contributed by atoms with E-state index >= 15 is 0 Å². The molecule has 3 rings (SSSR count). The maximum absolute atomic E-state index is 13.1. The Morgan fingerprint density at radius 2 is 1.87 bits per heavy atom. The average molecular weight is 330 g/mol. The van der Waals surface area contributed by atoms with Crippen molar-refractivity contribution < 1.29 is 13.6 Å². The number of nitrogens with one attached hydrogen (secondary N) is 1. The third-order valence-electron chi connectivity index (χ3n) is 3.12. The highest BCUT2D eigenvalue weighted by molar-refractivity contribution is 7.13. The molecule has 0 aliphatic rings. The summed E-state index contributed by atoms with van der Waals surface area (Å²) in [4.78, 5) is 16.4. The van der Waals surface area contributed by atoms with Crippen molar-refractivity contribution in [2.75, 3.05) is 5.32 Å². The summed E-state index contributed by atoms with van der Waals surface area (Å²) in [5.41, 5.74) is 1.84. The van der Waals surface area contributed by atoms with Gasteiger partial charge in [0, 0.05) is 22.7 Å². The summed E-state index contributed by atoms with van der Waals surface area (Å²) in [6.07, 6.45) is 0.0718. The molecular formula is C17H12F2N2OS. The number of carbonyl (C=O) groups excluding carboxylic acids is 1. The Labute approximate surface area is 135 Å². The van der Waals surface area contributed by atoms with Gasteiger partial charge in [0.05, 0.1) is 12.1 Å². The Kier molecular flexibility index (Phi) is 4.43. The lowest BCUT2D eigenvalue weighted by atomic mass is 10.2. The highest BCUT2D eigenvalue weighted by Crippen LogP contribution is 2.23. The zero-order valence-electron chi connectivity index (χ0n) is 11.9. The molecule has 116 valence electrons. The second-order valence-electron chi connectivity index (χ2n) is 4.86. The van der Waals surface area contributed by atoms with Crippen LogP contribution < -0.4 is 5.32 Å². The molecule has 0 spiro atoms. The van der Waals surface area contributed by atoms with Crippen molar-refractivity contribution in [2.24, 2.45) is 0 Å². The van der Waals surface area contributed by atoms with Crippen molar-refractivity contribution in [3.63, 3.8) is 0 Å². The van der Waals surface area contributed by atoms with E-state index in [1.807, 2.05) is 35.7 Å². The summed E-state index contributed by atoms with van der Waals surface area (Å²) in [6.45, 7) is 0. The first-order chi connectivity index (χ1) is 11.1. The van der Waals surface area contributed by atoms with Gasteiger partial charge in [-0.25, -0.2) is 13.8 Å². The molecule has 23 heavy (non-hydrogen) atoms. The topological polar surface area (TPSA) is 42.0 Å². The van der Waals surface area contributed by atoms with E-state index in [1.165, 1.54) is 17.4 Å². The van der Waals surface area contributed by atoms with E-state index in [2.05, 4.69) is 10.3 Å². The van der Waals surface area contributed by atoms with Crippen molar-refractivity contribution in [1.82, 2.24) is 4.98 Å². The van der Waals surface area contributed by atoms with Crippen molar-refractivity contribution in [3.8, 4) is 10.6 Å². The fourth-order valence-electron chi connectivity index (χ4n) is 2.05. The molecule has 1 heterocycles. The summed E-state index contributed by atoms with van der Waals surface area (Å²) in [7, 11) is 0. The van der Waals surface area contributed by atoms with Crippen molar-refractivity contribution >= 4 is 22.9 Å². The maximum atomic E-state index is 13.1. The number of aromatic nitrogens is 1. The quantitative estimate of drug-likeness (QED) is 0.776. The molecule has 3 aromatic rings. The fourth-order valence-corrected chi connectivity index (χ4v) is 2.87. The van der Waals surface area contributed by atoms with Gasteiger partial charge in [-0.3, -0.25) is 4.79 Å². The van der Waals surface area contributed by atoms with Crippen LogP contribution in [0.2, 0.25) is 0 Å². The minimum Gasteiger partial charge on any atom is -0.326 e. The number of carbonyl (C=O) groups is 1. The van der Waals surface area contributed by atoms with E-state index in [9.17, 15) is 13.6 Å². The third-order valence-corrected chi connectivity index (χ3v) is 4.06. The van der Waals surface area contributed by atoms with Gasteiger partial charge in [-0.1, -0.05) is 30.3 Å². The van der Waals surface area contributed by atoms with Crippen LogP contribution in [0.3, 0.4) is 0 Å². The highest BCUT2D eigenvalue weighted by Gasteiger charge is 2.10. The lowest BCUT2D eigenvalue weighted by Gasteiger charge is -2.04. The van der Waals surface area contributed by atoms with Gasteiger partial charge in [0.15, 0.2) is 11.6 Å². The third kappa shape index (κ3) is 3.78. The van der Waals surface area contributed by atoms with Crippen molar-refractivity contribution in [3.05, 3.63) is 71.2 Å². The van der Waals surface area contributed by atoms with Gasteiger partial charge in [0.2, 0.25) is 5.91 Å².